The monoisotopic (exact) mass is 291 g/mol. The van der Waals surface area contributed by atoms with Gasteiger partial charge in [-0.1, -0.05) is 11.7 Å². The van der Waals surface area contributed by atoms with E-state index < -0.39 is 21.9 Å². The first-order chi connectivity index (χ1) is 8.83. The Hall–Kier alpha value is -1.64. The highest BCUT2D eigenvalue weighted by Crippen LogP contribution is 2.07. The van der Waals surface area contributed by atoms with Crippen LogP contribution in [0.3, 0.4) is 0 Å². The van der Waals surface area contributed by atoms with Crippen molar-refractivity contribution in [2.45, 2.75) is 0 Å². The number of carbonyl (C=O) groups excluding carboxylic acids is 1. The zero-order valence-corrected chi connectivity index (χ0v) is 11.0. The van der Waals surface area contributed by atoms with Crippen molar-refractivity contribution < 1.29 is 17.1 Å². The van der Waals surface area contributed by atoms with Crippen molar-refractivity contribution >= 4 is 16.1 Å². The molecule has 1 heterocycles. The van der Waals surface area contributed by atoms with Crippen LogP contribution in [0.1, 0.15) is 0 Å². The summed E-state index contributed by atoms with van der Waals surface area (Å²) in [6, 6.07) is 0. The van der Waals surface area contributed by atoms with Gasteiger partial charge in [0.25, 0.3) is 5.91 Å². The van der Waals surface area contributed by atoms with E-state index in [0.29, 0.717) is 26.2 Å². The second kappa shape index (κ2) is 6.50. The first-order valence-electron chi connectivity index (χ1n) is 5.51. The first kappa shape index (κ1) is 15.4. The van der Waals surface area contributed by atoms with Crippen LogP contribution in [0.25, 0.3) is 10.4 Å². The minimum atomic E-state index is -4.47. The van der Waals surface area contributed by atoms with E-state index in [0.717, 1.165) is 0 Å². The lowest BCUT2D eigenvalue weighted by Crippen LogP contribution is -2.49. The van der Waals surface area contributed by atoms with Gasteiger partial charge in [-0.25, -0.2) is 0 Å². The molecule has 0 N–H and O–H groups in total. The molecule has 19 heavy (non-hydrogen) atoms. The molecule has 0 saturated carbocycles. The van der Waals surface area contributed by atoms with E-state index in [1.165, 1.54) is 4.90 Å². The van der Waals surface area contributed by atoms with Crippen LogP contribution in [-0.4, -0.2) is 62.6 Å². The number of hydrogen-bond donors (Lipinski definition) is 0. The molecule has 0 unspecified atom stereocenters. The second-order valence-electron chi connectivity index (χ2n) is 4.01. The number of nitrogens with zero attached hydrogens (tertiary/aromatic N) is 5. The third-order valence-corrected chi connectivity index (χ3v) is 3.39. The van der Waals surface area contributed by atoms with Crippen molar-refractivity contribution in [2.75, 3.05) is 38.5 Å². The van der Waals surface area contributed by atoms with Gasteiger partial charge in [-0.3, -0.25) is 9.69 Å². The number of hydrogen-bond acceptors (Lipinski definition) is 5. The molecule has 1 fully saturated rings. The van der Waals surface area contributed by atoms with Gasteiger partial charge in [0.1, 0.15) is 0 Å². The lowest BCUT2D eigenvalue weighted by atomic mass is 10.3. The third kappa shape index (κ3) is 5.25. The number of amides is 1. The largest absolute Gasteiger partial charge is 0.336 e. The second-order valence-corrected chi connectivity index (χ2v) is 5.50. The quantitative estimate of drug-likeness (QED) is 0.238. The molecule has 0 aliphatic carbocycles. The van der Waals surface area contributed by atoms with Gasteiger partial charge in [0.2, 0.25) is 0 Å². The lowest BCUT2D eigenvalue weighted by Gasteiger charge is -2.34. The highest BCUT2D eigenvalue weighted by molar-refractivity contribution is 7.86. The Morgan fingerprint density at radius 3 is 2.42 bits per heavy atom. The minimum absolute atomic E-state index is 0.0954. The van der Waals surface area contributed by atoms with Crippen LogP contribution < -0.4 is 0 Å². The maximum absolute atomic E-state index is 12.4. The summed E-state index contributed by atoms with van der Waals surface area (Å²) in [5, 5.41) is 3.14. The summed E-state index contributed by atoms with van der Waals surface area (Å²) in [6.45, 7) is 5.02. The molecule has 0 aromatic rings. The molecular weight excluding hydrogens is 277 g/mol. The molecule has 8 nitrogen and oxygen atoms in total. The molecule has 106 valence electrons. The van der Waals surface area contributed by atoms with Crippen LogP contribution >= 0.6 is 0 Å². The molecule has 0 atom stereocenters. The molecule has 0 spiro atoms. The van der Waals surface area contributed by atoms with Crippen molar-refractivity contribution in [3.8, 4) is 0 Å². The highest BCUT2D eigenvalue weighted by atomic mass is 32.3. The van der Waals surface area contributed by atoms with Gasteiger partial charge < -0.3 is 4.90 Å². The number of halogens is 1. The van der Waals surface area contributed by atoms with Gasteiger partial charge in [-0.15, -0.1) is 3.89 Å². The third-order valence-electron chi connectivity index (χ3n) is 2.72. The van der Waals surface area contributed by atoms with Crippen molar-refractivity contribution in [3.05, 3.63) is 22.7 Å². The minimum Gasteiger partial charge on any atom is -0.336 e. The molecule has 10 heteroatoms. The van der Waals surface area contributed by atoms with Crippen LogP contribution in [0.4, 0.5) is 3.89 Å². The predicted octanol–water partition coefficient (Wildman–Crippen LogP) is 0.254. The topological polar surface area (TPSA) is 106 Å². The van der Waals surface area contributed by atoms with E-state index in [-0.39, 0.29) is 12.2 Å². The summed E-state index contributed by atoms with van der Waals surface area (Å²) in [7, 11) is -4.47. The maximum Gasteiger partial charge on any atom is 0.303 e. The molecule has 0 radical (unpaired) electrons. The Bertz CT molecular complexity index is 506. The standard InChI is InChI=1S/C9H14FN5O3S/c1-8(12-13-11)9(16)15-4-2-14(3-5-15)6-7-19(10,17)18/h1-7H2. The summed E-state index contributed by atoms with van der Waals surface area (Å²) in [6.07, 6.45) is 0. The highest BCUT2D eigenvalue weighted by Gasteiger charge is 2.23. The average Bonchev–Trinajstić information content (AvgIpc) is 2.35. The maximum atomic E-state index is 12.4. The molecule has 1 amide bonds. The fraction of sp³-hybridized carbons (Fsp3) is 0.667. The Labute approximate surface area is 110 Å². The normalized spacial score (nSPS) is 16.8. The van der Waals surface area contributed by atoms with E-state index in [2.05, 4.69) is 16.6 Å². The molecular formula is C9H14FN5O3S. The van der Waals surface area contributed by atoms with Crippen molar-refractivity contribution in [1.82, 2.24) is 9.80 Å². The Morgan fingerprint density at radius 2 is 1.95 bits per heavy atom. The van der Waals surface area contributed by atoms with Crippen LogP contribution in [0.5, 0.6) is 0 Å². The number of rotatable bonds is 5. The Balaban J connectivity index is 2.43. The summed E-state index contributed by atoms with van der Waals surface area (Å²) in [5.41, 5.74) is 8.02. The Kier molecular flexibility index (Phi) is 5.28. The fourth-order valence-electron chi connectivity index (χ4n) is 1.69. The van der Waals surface area contributed by atoms with Gasteiger partial charge in [0.15, 0.2) is 0 Å². The Morgan fingerprint density at radius 1 is 1.37 bits per heavy atom. The molecule has 1 aliphatic heterocycles. The summed E-state index contributed by atoms with van der Waals surface area (Å²) in [5.74, 6) is -0.998. The number of azide groups is 1. The summed E-state index contributed by atoms with van der Waals surface area (Å²) >= 11 is 0. The van der Waals surface area contributed by atoms with Gasteiger partial charge in [0, 0.05) is 37.6 Å². The van der Waals surface area contributed by atoms with E-state index in [1.807, 2.05) is 0 Å². The van der Waals surface area contributed by atoms with E-state index in [1.54, 1.807) is 4.90 Å². The number of carbonyl (C=O) groups is 1. The van der Waals surface area contributed by atoms with Crippen LogP contribution in [0.2, 0.25) is 0 Å². The zero-order valence-electron chi connectivity index (χ0n) is 10.2. The molecule has 1 aliphatic rings. The fourth-order valence-corrected chi connectivity index (χ4v) is 2.17. The summed E-state index contributed by atoms with van der Waals surface area (Å²) < 4.78 is 33.1. The smallest absolute Gasteiger partial charge is 0.303 e. The molecule has 1 saturated heterocycles. The predicted molar refractivity (Wildman–Crippen MR) is 66.2 cm³/mol. The molecule has 1 rings (SSSR count). The lowest BCUT2D eigenvalue weighted by molar-refractivity contribution is -0.128. The van der Waals surface area contributed by atoms with Gasteiger partial charge in [-0.05, 0) is 5.53 Å². The molecule has 0 aromatic heterocycles. The molecule has 0 aromatic carbocycles. The SMILES string of the molecule is C=C(N=[N+]=[N-])C(=O)N1CCN(CCS(=O)(=O)F)CC1. The van der Waals surface area contributed by atoms with E-state index >= 15 is 0 Å². The van der Waals surface area contributed by atoms with Gasteiger partial charge >= 0.3 is 10.2 Å². The van der Waals surface area contributed by atoms with Crippen molar-refractivity contribution in [3.63, 3.8) is 0 Å². The van der Waals surface area contributed by atoms with Gasteiger partial charge in [0.05, 0.1) is 11.4 Å². The van der Waals surface area contributed by atoms with E-state index in [4.69, 9.17) is 5.53 Å². The van der Waals surface area contributed by atoms with E-state index in [9.17, 15) is 17.1 Å². The summed E-state index contributed by atoms with van der Waals surface area (Å²) in [4.78, 5) is 17.4. The van der Waals surface area contributed by atoms with Gasteiger partial charge in [-0.2, -0.15) is 8.42 Å². The first-order valence-corrected chi connectivity index (χ1v) is 7.06. The van der Waals surface area contributed by atoms with Crippen LogP contribution in [-0.2, 0) is 15.0 Å². The molecule has 0 bridgehead atoms. The van der Waals surface area contributed by atoms with Crippen LogP contribution in [0.15, 0.2) is 17.4 Å². The average molecular weight is 291 g/mol. The van der Waals surface area contributed by atoms with Crippen molar-refractivity contribution in [2.24, 2.45) is 5.11 Å². The zero-order chi connectivity index (χ0) is 14.5. The van der Waals surface area contributed by atoms with Crippen LogP contribution in [0, 0.1) is 0 Å². The van der Waals surface area contributed by atoms with Crippen molar-refractivity contribution in [1.29, 1.82) is 0 Å². The number of piperazine rings is 1.